The minimum absolute atomic E-state index is 0.187. The van der Waals surface area contributed by atoms with Crippen molar-refractivity contribution in [3.05, 3.63) is 58.4 Å². The maximum atomic E-state index is 13.7. The standard InChI is InChI=1S/C17H20FNO2/c1-10-7-12(8-11(2)16(10)18)17(19)14-6-5-13(20-3)9-15(14)21-4/h5-9,17H,19H2,1-4H3. The van der Waals surface area contributed by atoms with Crippen molar-refractivity contribution < 1.29 is 13.9 Å². The van der Waals surface area contributed by atoms with Gasteiger partial charge in [-0.15, -0.1) is 0 Å². The van der Waals surface area contributed by atoms with Gasteiger partial charge in [-0.2, -0.15) is 0 Å². The predicted molar refractivity (Wildman–Crippen MR) is 81.5 cm³/mol. The number of rotatable bonds is 4. The van der Waals surface area contributed by atoms with Crippen LogP contribution in [0.25, 0.3) is 0 Å². The van der Waals surface area contributed by atoms with Gasteiger partial charge in [0, 0.05) is 11.6 Å². The second-order valence-electron chi connectivity index (χ2n) is 5.05. The van der Waals surface area contributed by atoms with Gasteiger partial charge in [0.1, 0.15) is 17.3 Å². The van der Waals surface area contributed by atoms with E-state index in [2.05, 4.69) is 0 Å². The Bertz CT molecular complexity index is 632. The number of methoxy groups -OCH3 is 2. The molecule has 2 rings (SSSR count). The van der Waals surface area contributed by atoms with Gasteiger partial charge in [0.2, 0.25) is 0 Å². The first-order chi connectivity index (χ1) is 9.97. The summed E-state index contributed by atoms with van der Waals surface area (Å²) < 4.78 is 24.3. The van der Waals surface area contributed by atoms with Gasteiger partial charge in [0.05, 0.1) is 20.3 Å². The van der Waals surface area contributed by atoms with Gasteiger partial charge in [0.15, 0.2) is 0 Å². The molecule has 21 heavy (non-hydrogen) atoms. The molecule has 0 bridgehead atoms. The van der Waals surface area contributed by atoms with Gasteiger partial charge in [-0.25, -0.2) is 4.39 Å². The van der Waals surface area contributed by atoms with Gasteiger partial charge in [-0.1, -0.05) is 12.1 Å². The monoisotopic (exact) mass is 289 g/mol. The van der Waals surface area contributed by atoms with Crippen LogP contribution in [0.1, 0.15) is 28.3 Å². The van der Waals surface area contributed by atoms with Crippen LogP contribution in [0, 0.1) is 19.7 Å². The van der Waals surface area contributed by atoms with E-state index in [0.717, 1.165) is 11.1 Å². The molecule has 0 heterocycles. The molecule has 0 saturated carbocycles. The lowest BCUT2D eigenvalue weighted by atomic mass is 9.95. The van der Waals surface area contributed by atoms with Crippen molar-refractivity contribution in [1.29, 1.82) is 0 Å². The van der Waals surface area contributed by atoms with Crippen LogP contribution in [-0.4, -0.2) is 14.2 Å². The Labute approximate surface area is 124 Å². The molecule has 0 amide bonds. The first kappa shape index (κ1) is 15.3. The SMILES string of the molecule is COc1ccc(C(N)c2cc(C)c(F)c(C)c2)c(OC)c1. The van der Waals surface area contributed by atoms with Gasteiger partial charge in [-0.05, 0) is 42.7 Å². The first-order valence-corrected chi connectivity index (χ1v) is 6.72. The summed E-state index contributed by atoms with van der Waals surface area (Å²) in [4.78, 5) is 0. The highest BCUT2D eigenvalue weighted by Gasteiger charge is 2.17. The summed E-state index contributed by atoms with van der Waals surface area (Å²) >= 11 is 0. The molecule has 0 aliphatic rings. The molecule has 112 valence electrons. The Balaban J connectivity index is 2.47. The lowest BCUT2D eigenvalue weighted by Crippen LogP contribution is -2.14. The van der Waals surface area contributed by atoms with Crippen LogP contribution in [0.5, 0.6) is 11.5 Å². The molecular formula is C17H20FNO2. The molecule has 0 aliphatic heterocycles. The molecule has 0 aromatic heterocycles. The van der Waals surface area contributed by atoms with Gasteiger partial charge in [-0.3, -0.25) is 0 Å². The van der Waals surface area contributed by atoms with Crippen LogP contribution in [-0.2, 0) is 0 Å². The van der Waals surface area contributed by atoms with Gasteiger partial charge in [0.25, 0.3) is 0 Å². The lowest BCUT2D eigenvalue weighted by molar-refractivity contribution is 0.390. The number of nitrogens with two attached hydrogens (primary N) is 1. The predicted octanol–water partition coefficient (Wildman–Crippen LogP) is 3.51. The summed E-state index contributed by atoms with van der Waals surface area (Å²) in [7, 11) is 3.19. The second kappa shape index (κ2) is 6.14. The quantitative estimate of drug-likeness (QED) is 0.936. The average Bonchev–Trinajstić information content (AvgIpc) is 2.50. The van der Waals surface area contributed by atoms with Gasteiger partial charge >= 0.3 is 0 Å². The smallest absolute Gasteiger partial charge is 0.129 e. The highest BCUT2D eigenvalue weighted by molar-refractivity contribution is 5.47. The zero-order chi connectivity index (χ0) is 15.6. The topological polar surface area (TPSA) is 44.5 Å². The highest BCUT2D eigenvalue weighted by Crippen LogP contribution is 2.32. The first-order valence-electron chi connectivity index (χ1n) is 6.72. The maximum absolute atomic E-state index is 13.7. The van der Waals surface area contributed by atoms with Crippen LogP contribution in [0.4, 0.5) is 4.39 Å². The Morgan fingerprint density at radius 3 is 2.14 bits per heavy atom. The number of halogens is 1. The fraction of sp³-hybridized carbons (Fsp3) is 0.294. The normalized spacial score (nSPS) is 12.1. The fourth-order valence-electron chi connectivity index (χ4n) is 2.41. The second-order valence-corrected chi connectivity index (χ2v) is 5.05. The van der Waals surface area contributed by atoms with E-state index < -0.39 is 0 Å². The lowest BCUT2D eigenvalue weighted by Gasteiger charge is -2.18. The number of hydrogen-bond acceptors (Lipinski definition) is 3. The molecule has 2 N–H and O–H groups in total. The molecule has 0 fully saturated rings. The summed E-state index contributed by atoms with van der Waals surface area (Å²) in [6.45, 7) is 3.48. The fourth-order valence-corrected chi connectivity index (χ4v) is 2.41. The van der Waals surface area contributed by atoms with E-state index in [1.807, 2.05) is 12.1 Å². The Hall–Kier alpha value is -2.07. The molecule has 0 spiro atoms. The Morgan fingerprint density at radius 2 is 1.62 bits per heavy atom. The minimum atomic E-state index is -0.385. The summed E-state index contributed by atoms with van der Waals surface area (Å²) in [6, 6.07) is 8.66. The van der Waals surface area contributed by atoms with E-state index in [4.69, 9.17) is 15.2 Å². The van der Waals surface area contributed by atoms with Crippen LogP contribution in [0.2, 0.25) is 0 Å². The summed E-state index contributed by atoms with van der Waals surface area (Å²) in [5.74, 6) is 1.17. The Morgan fingerprint density at radius 1 is 1.00 bits per heavy atom. The molecule has 4 heteroatoms. The largest absolute Gasteiger partial charge is 0.497 e. The van der Waals surface area contributed by atoms with E-state index in [1.165, 1.54) is 0 Å². The number of benzene rings is 2. The molecule has 3 nitrogen and oxygen atoms in total. The minimum Gasteiger partial charge on any atom is -0.497 e. The van der Waals surface area contributed by atoms with Crippen LogP contribution in [0.3, 0.4) is 0 Å². The molecule has 1 unspecified atom stereocenters. The molecule has 0 aliphatic carbocycles. The van der Waals surface area contributed by atoms with Crippen LogP contribution < -0.4 is 15.2 Å². The zero-order valence-electron chi connectivity index (χ0n) is 12.7. The summed E-state index contributed by atoms with van der Waals surface area (Å²) in [6.07, 6.45) is 0. The van der Waals surface area contributed by atoms with Crippen LogP contribution >= 0.6 is 0 Å². The van der Waals surface area contributed by atoms with Crippen LogP contribution in [0.15, 0.2) is 30.3 Å². The molecule has 1 atom stereocenters. The molecule has 2 aromatic carbocycles. The summed E-state index contributed by atoms with van der Waals surface area (Å²) in [5.41, 5.74) is 9.20. The Kier molecular flexibility index (Phi) is 4.48. The maximum Gasteiger partial charge on any atom is 0.129 e. The number of ether oxygens (including phenoxy) is 2. The van der Waals surface area contributed by atoms with E-state index in [1.54, 1.807) is 46.3 Å². The number of hydrogen-bond donors (Lipinski definition) is 1. The van der Waals surface area contributed by atoms with E-state index >= 15 is 0 Å². The molecule has 0 radical (unpaired) electrons. The third kappa shape index (κ3) is 3.00. The summed E-state index contributed by atoms with van der Waals surface area (Å²) in [5, 5.41) is 0. The van der Waals surface area contributed by atoms with Gasteiger partial charge < -0.3 is 15.2 Å². The average molecular weight is 289 g/mol. The van der Waals surface area contributed by atoms with E-state index in [9.17, 15) is 4.39 Å². The van der Waals surface area contributed by atoms with Crippen molar-refractivity contribution >= 4 is 0 Å². The van der Waals surface area contributed by atoms with E-state index in [-0.39, 0.29) is 11.9 Å². The van der Waals surface area contributed by atoms with Crippen molar-refractivity contribution in [3.63, 3.8) is 0 Å². The molecular weight excluding hydrogens is 269 g/mol. The van der Waals surface area contributed by atoms with Crippen molar-refractivity contribution in [3.8, 4) is 11.5 Å². The van der Waals surface area contributed by atoms with Crippen molar-refractivity contribution in [1.82, 2.24) is 0 Å². The zero-order valence-corrected chi connectivity index (χ0v) is 12.7. The van der Waals surface area contributed by atoms with Crippen molar-refractivity contribution in [2.45, 2.75) is 19.9 Å². The van der Waals surface area contributed by atoms with Crippen molar-refractivity contribution in [2.24, 2.45) is 5.73 Å². The number of aryl methyl sites for hydroxylation is 2. The highest BCUT2D eigenvalue weighted by atomic mass is 19.1. The third-order valence-corrected chi connectivity index (χ3v) is 3.59. The van der Waals surface area contributed by atoms with Crippen molar-refractivity contribution in [2.75, 3.05) is 14.2 Å². The van der Waals surface area contributed by atoms with E-state index in [0.29, 0.717) is 22.6 Å². The third-order valence-electron chi connectivity index (χ3n) is 3.59. The molecule has 0 saturated heterocycles. The molecule has 2 aromatic rings.